The van der Waals surface area contributed by atoms with Crippen molar-refractivity contribution in [2.24, 2.45) is 4.99 Å². The molecule has 4 aliphatic heterocycles. The standard InChI is InChI=1S/C58H66N6O8S2/c1-8-40(9-2)61-54(65)19-14-22-73-74-58(3,4)21-20-55(66)62(5)41-24-36(34-71-52-30-46-44(28-50(52)69-6)56(67)63-42(32-59-46)26-38-15-10-12-17-48(38)63)23-37(25-41)35-72-53-31-47-45(29-51(53)70-7)57(68)64-43(33-60-47)27-39-16-11-13-18-49(39)64/h10-13,15-18,23-25,28-32,40,42-43,60H,8-9,14,19-22,26-27,33-35H2,1-7H3,(H,61,65)/t42-,43?/m0/s1. The molecule has 74 heavy (non-hydrogen) atoms. The molecule has 4 heterocycles. The van der Waals surface area contributed by atoms with E-state index in [0.717, 1.165) is 65.1 Å². The van der Waals surface area contributed by atoms with Crippen LogP contribution in [0.1, 0.15) is 109 Å². The molecule has 0 aliphatic carbocycles. The Kier molecular flexibility index (Phi) is 16.1. The normalized spacial score (nSPS) is 16.2. The largest absolute Gasteiger partial charge is 0.493 e. The number of methoxy groups -OCH3 is 2. The fourth-order valence-corrected chi connectivity index (χ4v) is 12.7. The Morgan fingerprint density at radius 1 is 0.797 bits per heavy atom. The van der Waals surface area contributed by atoms with Crippen LogP contribution in [0, 0.1) is 0 Å². The van der Waals surface area contributed by atoms with E-state index in [4.69, 9.17) is 23.9 Å². The van der Waals surface area contributed by atoms with Crippen molar-refractivity contribution in [3.05, 3.63) is 124 Å². The highest BCUT2D eigenvalue weighted by Crippen LogP contribution is 2.44. The lowest BCUT2D eigenvalue weighted by Crippen LogP contribution is -2.39. The molecule has 0 aromatic heterocycles. The van der Waals surface area contributed by atoms with Crippen LogP contribution in [-0.4, -0.2) is 86.3 Å². The van der Waals surface area contributed by atoms with E-state index >= 15 is 0 Å². The Morgan fingerprint density at radius 2 is 1.42 bits per heavy atom. The number of anilines is 4. The van der Waals surface area contributed by atoms with E-state index in [2.05, 4.69) is 44.4 Å². The molecule has 0 spiro atoms. The number of hydrogen-bond donors (Lipinski definition) is 2. The maximum Gasteiger partial charge on any atom is 0.261 e. The van der Waals surface area contributed by atoms with Crippen molar-refractivity contribution in [3.8, 4) is 23.0 Å². The minimum Gasteiger partial charge on any atom is -0.493 e. The first-order chi connectivity index (χ1) is 35.8. The van der Waals surface area contributed by atoms with Crippen LogP contribution >= 0.6 is 21.6 Å². The summed E-state index contributed by atoms with van der Waals surface area (Å²) in [6.45, 7) is 9.24. The lowest BCUT2D eigenvalue weighted by molar-refractivity contribution is -0.122. The van der Waals surface area contributed by atoms with Crippen molar-refractivity contribution < 1.29 is 38.1 Å². The van der Waals surface area contributed by atoms with Crippen LogP contribution in [0.15, 0.2) is 96.0 Å². The first-order valence-electron chi connectivity index (χ1n) is 25.6. The van der Waals surface area contributed by atoms with Gasteiger partial charge in [-0.1, -0.05) is 71.8 Å². The SMILES string of the molecule is CCC(CC)NC(=O)CCCSSC(C)(C)CCC(=O)N(C)c1cc(COc2cc3c(cc2OC)C(=O)N2c4ccccc4C[C@H]2C=N3)cc(COc2cc3c(cc2OC)C(=O)N2c4ccccc4CC2CN3)c1. The maximum absolute atomic E-state index is 14.2. The van der Waals surface area contributed by atoms with Gasteiger partial charge in [0, 0.05) is 84.8 Å². The number of nitrogens with one attached hydrogen (secondary N) is 2. The van der Waals surface area contributed by atoms with Gasteiger partial charge < -0.3 is 39.4 Å². The van der Waals surface area contributed by atoms with E-state index in [1.165, 1.54) is 0 Å². The highest BCUT2D eigenvalue weighted by molar-refractivity contribution is 8.77. The summed E-state index contributed by atoms with van der Waals surface area (Å²) < 4.78 is 24.6. The lowest BCUT2D eigenvalue weighted by atomic mass is 10.1. The van der Waals surface area contributed by atoms with Gasteiger partial charge in [-0.3, -0.25) is 29.1 Å². The molecular weight excluding hydrogens is 973 g/mol. The van der Waals surface area contributed by atoms with Gasteiger partial charge in [-0.25, -0.2) is 0 Å². The molecule has 5 aromatic carbocycles. The fraction of sp³-hybridized carbons (Fsp3) is 0.397. The number of para-hydroxylation sites is 2. The number of carbonyl (C=O) groups is 4. The van der Waals surface area contributed by atoms with E-state index in [0.29, 0.717) is 83.4 Å². The molecule has 0 bridgehead atoms. The molecule has 14 nitrogen and oxygen atoms in total. The summed E-state index contributed by atoms with van der Waals surface area (Å²) in [4.78, 5) is 64.9. The van der Waals surface area contributed by atoms with Crippen molar-refractivity contribution in [3.63, 3.8) is 0 Å². The van der Waals surface area contributed by atoms with Crippen molar-refractivity contribution >= 4 is 79.9 Å². The number of ether oxygens (including phenoxy) is 4. The lowest BCUT2D eigenvalue weighted by Gasteiger charge is -2.25. The van der Waals surface area contributed by atoms with Gasteiger partial charge in [0.05, 0.1) is 48.8 Å². The molecule has 0 saturated carbocycles. The smallest absolute Gasteiger partial charge is 0.261 e. The number of rotatable bonds is 21. The van der Waals surface area contributed by atoms with Crippen LogP contribution in [-0.2, 0) is 35.6 Å². The average Bonchev–Trinajstić information content (AvgIpc) is 3.90. The molecule has 9 rings (SSSR count). The maximum atomic E-state index is 14.2. The zero-order valence-corrected chi connectivity index (χ0v) is 45.0. The quantitative estimate of drug-likeness (QED) is 0.0534. The fourth-order valence-electron chi connectivity index (χ4n) is 10.1. The summed E-state index contributed by atoms with van der Waals surface area (Å²) in [5.74, 6) is 2.32. The number of nitrogens with zero attached hydrogens (tertiary/aromatic N) is 4. The van der Waals surface area contributed by atoms with Gasteiger partial charge in [0.25, 0.3) is 11.8 Å². The molecule has 5 aromatic rings. The number of benzene rings is 5. The molecule has 2 atom stereocenters. The van der Waals surface area contributed by atoms with E-state index in [9.17, 15) is 19.2 Å². The molecule has 2 N–H and O–H groups in total. The second-order valence-corrected chi connectivity index (χ2v) is 23.0. The monoisotopic (exact) mass is 1040 g/mol. The van der Waals surface area contributed by atoms with E-state index in [-0.39, 0.29) is 59.7 Å². The van der Waals surface area contributed by atoms with Gasteiger partial charge in [0.15, 0.2) is 23.0 Å². The number of amides is 4. The Balaban J connectivity index is 0.923. The number of hydrogen-bond acceptors (Lipinski definition) is 12. The third-order valence-corrected chi connectivity index (χ3v) is 17.7. The van der Waals surface area contributed by atoms with Gasteiger partial charge in [0.2, 0.25) is 11.8 Å². The molecule has 388 valence electrons. The summed E-state index contributed by atoms with van der Waals surface area (Å²) in [5.41, 5.74) is 8.32. The van der Waals surface area contributed by atoms with Crippen LogP contribution in [0.5, 0.6) is 23.0 Å². The second-order valence-electron chi connectivity index (χ2n) is 19.9. The number of carbonyl (C=O) groups excluding carboxylic acids is 4. The third-order valence-electron chi connectivity index (χ3n) is 14.3. The number of fused-ring (bicyclic) bond motifs is 8. The summed E-state index contributed by atoms with van der Waals surface area (Å²) in [5, 5.41) is 6.63. The first kappa shape index (κ1) is 52.2. The van der Waals surface area contributed by atoms with Gasteiger partial charge in [-0.05, 0) is 111 Å². The first-order valence-corrected chi connectivity index (χ1v) is 27.9. The Bertz CT molecular complexity index is 2960. The Hall–Kier alpha value is -6.65. The third kappa shape index (κ3) is 11.4. The van der Waals surface area contributed by atoms with Crippen LogP contribution in [0.2, 0.25) is 0 Å². The summed E-state index contributed by atoms with van der Waals surface area (Å²) in [7, 11) is 8.38. The predicted molar refractivity (Wildman–Crippen MR) is 298 cm³/mol. The number of aliphatic imine (C=N–C) groups is 1. The topological polar surface area (TPSA) is 151 Å². The summed E-state index contributed by atoms with van der Waals surface area (Å²) in [6.07, 6.45) is 7.39. The second kappa shape index (κ2) is 22.9. The van der Waals surface area contributed by atoms with Crippen molar-refractivity contribution in [2.45, 2.75) is 115 Å². The van der Waals surface area contributed by atoms with Crippen LogP contribution in [0.3, 0.4) is 0 Å². The van der Waals surface area contributed by atoms with E-state index < -0.39 is 0 Å². The molecule has 1 unspecified atom stereocenters. The van der Waals surface area contributed by atoms with Crippen LogP contribution < -0.4 is 44.3 Å². The Labute approximate surface area is 442 Å². The van der Waals surface area contributed by atoms with E-state index in [1.54, 1.807) is 70.9 Å². The molecule has 0 fully saturated rings. The molecule has 0 saturated heterocycles. The van der Waals surface area contributed by atoms with Crippen LogP contribution in [0.4, 0.5) is 28.4 Å². The highest BCUT2D eigenvalue weighted by atomic mass is 33.1. The van der Waals surface area contributed by atoms with Gasteiger partial charge >= 0.3 is 0 Å². The minimum atomic E-state index is -0.204. The molecular formula is C58H66N6O8S2. The zero-order valence-electron chi connectivity index (χ0n) is 43.3. The van der Waals surface area contributed by atoms with Crippen molar-refractivity contribution in [1.29, 1.82) is 0 Å². The summed E-state index contributed by atoms with van der Waals surface area (Å²) >= 11 is 0. The van der Waals surface area contributed by atoms with Crippen molar-refractivity contribution in [1.82, 2.24) is 5.32 Å². The molecule has 0 radical (unpaired) electrons. The summed E-state index contributed by atoms with van der Waals surface area (Å²) in [6, 6.07) is 28.8. The zero-order chi connectivity index (χ0) is 52.1. The molecule has 4 amide bonds. The molecule has 16 heteroatoms. The predicted octanol–water partition coefficient (Wildman–Crippen LogP) is 11.1. The van der Waals surface area contributed by atoms with Gasteiger partial charge in [-0.15, -0.1) is 0 Å². The van der Waals surface area contributed by atoms with Crippen LogP contribution in [0.25, 0.3) is 0 Å². The van der Waals surface area contributed by atoms with Gasteiger partial charge in [-0.2, -0.15) is 0 Å². The van der Waals surface area contributed by atoms with Gasteiger partial charge in [0.1, 0.15) is 13.2 Å². The van der Waals surface area contributed by atoms with Crippen molar-refractivity contribution in [2.75, 3.05) is 53.6 Å². The minimum absolute atomic E-state index is 0.0267. The van der Waals surface area contributed by atoms with E-state index in [1.807, 2.05) is 77.8 Å². The highest BCUT2D eigenvalue weighted by Gasteiger charge is 2.39. The Morgan fingerprint density at radius 3 is 2.09 bits per heavy atom. The average molecular weight is 1040 g/mol. The molecule has 4 aliphatic rings.